The van der Waals surface area contributed by atoms with Crippen molar-refractivity contribution in [2.24, 2.45) is 5.92 Å². The molecule has 0 amide bonds. The van der Waals surface area contributed by atoms with Crippen molar-refractivity contribution in [2.75, 3.05) is 17.8 Å². The molecule has 2 rings (SSSR count). The molecular weight excluding hydrogens is 302 g/mol. The predicted molar refractivity (Wildman–Crippen MR) is 74.3 cm³/mol. The van der Waals surface area contributed by atoms with Gasteiger partial charge in [0.15, 0.2) is 0 Å². The lowest BCUT2D eigenvalue weighted by molar-refractivity contribution is 0.131. The van der Waals surface area contributed by atoms with Crippen molar-refractivity contribution in [2.45, 2.75) is 18.9 Å². The van der Waals surface area contributed by atoms with E-state index in [9.17, 15) is 16.8 Å². The van der Waals surface area contributed by atoms with Gasteiger partial charge in [-0.2, -0.15) is 8.42 Å². The number of nitrogens with zero attached hydrogens (tertiary/aromatic N) is 1. The molecule has 1 aromatic heterocycles. The average Bonchev–Trinajstić information content (AvgIpc) is 2.36. The second-order valence-corrected chi connectivity index (χ2v) is 8.87. The van der Waals surface area contributed by atoms with E-state index in [0.29, 0.717) is 18.5 Å². The Hall–Kier alpha value is -0.990. The van der Waals surface area contributed by atoms with Gasteiger partial charge in [0.05, 0.1) is 23.5 Å². The summed E-state index contributed by atoms with van der Waals surface area (Å²) in [5, 5.41) is 0. The monoisotopic (exact) mass is 319 g/mol. The van der Waals surface area contributed by atoms with Crippen LogP contribution in [0.4, 0.5) is 0 Å². The van der Waals surface area contributed by atoms with Crippen LogP contribution in [-0.2, 0) is 24.1 Å². The molecule has 1 unspecified atom stereocenters. The Morgan fingerprint density at radius 1 is 1.30 bits per heavy atom. The molecule has 0 aliphatic carbocycles. The zero-order chi connectivity index (χ0) is 14.8. The Balaban J connectivity index is 2.24. The van der Waals surface area contributed by atoms with Crippen LogP contribution in [0.3, 0.4) is 0 Å². The third kappa shape index (κ3) is 4.26. The highest BCUT2D eigenvalue weighted by molar-refractivity contribution is 7.91. The average molecular weight is 319 g/mol. The molecule has 1 atom stereocenters. The van der Waals surface area contributed by atoms with Gasteiger partial charge >= 0.3 is 0 Å². The largest absolute Gasteiger partial charge is 0.265 e. The van der Waals surface area contributed by atoms with Crippen molar-refractivity contribution < 1.29 is 21.0 Å². The van der Waals surface area contributed by atoms with Gasteiger partial charge in [0, 0.05) is 6.20 Å². The number of hydrogen-bond acceptors (Lipinski definition) is 6. The molecule has 0 spiro atoms. The summed E-state index contributed by atoms with van der Waals surface area (Å²) in [4.78, 5) is 4.14. The van der Waals surface area contributed by atoms with Gasteiger partial charge in [-0.15, -0.1) is 0 Å². The van der Waals surface area contributed by atoms with E-state index < -0.39 is 26.1 Å². The first kappa shape index (κ1) is 15.4. The van der Waals surface area contributed by atoms with Gasteiger partial charge in [-0.25, -0.2) is 8.42 Å². The molecule has 1 fully saturated rings. The Morgan fingerprint density at radius 2 is 1.95 bits per heavy atom. The van der Waals surface area contributed by atoms with Crippen LogP contribution in [-0.4, -0.2) is 39.6 Å². The van der Waals surface area contributed by atoms with Gasteiger partial charge in [-0.1, -0.05) is 6.07 Å². The van der Waals surface area contributed by atoms with Gasteiger partial charge in [0.2, 0.25) is 0 Å². The van der Waals surface area contributed by atoms with E-state index >= 15 is 0 Å². The van der Waals surface area contributed by atoms with Crippen molar-refractivity contribution in [3.05, 3.63) is 30.1 Å². The number of hydrogen-bond donors (Lipinski definition) is 0. The Labute approximate surface area is 119 Å². The molecule has 1 aliphatic heterocycles. The van der Waals surface area contributed by atoms with Crippen LogP contribution in [0.1, 0.15) is 24.6 Å². The Bertz CT molecular complexity index is 640. The minimum Gasteiger partial charge on any atom is -0.260 e. The van der Waals surface area contributed by atoms with Crippen LogP contribution in [0.2, 0.25) is 0 Å². The normalized spacial score (nSPS) is 21.4. The molecule has 0 aromatic carbocycles. The first-order valence-electron chi connectivity index (χ1n) is 6.26. The standard InChI is InChI=1S/C12H17NO5S2/c1-19(14,15)18-12(11-4-2-3-7-13-11)10-5-8-20(16,17)9-6-10/h2-4,7,10,12H,5-6,8-9H2,1H3. The van der Waals surface area contributed by atoms with Crippen molar-refractivity contribution >= 4 is 20.0 Å². The van der Waals surface area contributed by atoms with Crippen molar-refractivity contribution in [1.82, 2.24) is 4.98 Å². The summed E-state index contributed by atoms with van der Waals surface area (Å²) in [6, 6.07) is 5.17. The fourth-order valence-corrected chi connectivity index (χ4v) is 4.47. The van der Waals surface area contributed by atoms with E-state index in [1.54, 1.807) is 24.4 Å². The summed E-state index contributed by atoms with van der Waals surface area (Å²) in [5.41, 5.74) is 0.516. The van der Waals surface area contributed by atoms with Crippen LogP contribution in [0.25, 0.3) is 0 Å². The van der Waals surface area contributed by atoms with Crippen LogP contribution < -0.4 is 0 Å². The van der Waals surface area contributed by atoms with E-state index in [1.807, 2.05) is 0 Å². The summed E-state index contributed by atoms with van der Waals surface area (Å²) in [5.74, 6) is -0.0365. The summed E-state index contributed by atoms with van der Waals surface area (Å²) in [6.07, 6.45) is 2.61. The first-order chi connectivity index (χ1) is 9.27. The number of sulfone groups is 1. The van der Waals surface area contributed by atoms with E-state index in [2.05, 4.69) is 4.98 Å². The molecule has 8 heteroatoms. The molecular formula is C12H17NO5S2. The number of aromatic nitrogens is 1. The third-order valence-electron chi connectivity index (χ3n) is 3.29. The van der Waals surface area contributed by atoms with Gasteiger partial charge < -0.3 is 0 Å². The smallest absolute Gasteiger partial charge is 0.260 e. The fraction of sp³-hybridized carbons (Fsp3) is 0.583. The molecule has 2 heterocycles. The van der Waals surface area contributed by atoms with Crippen LogP contribution in [0.15, 0.2) is 24.4 Å². The lowest BCUT2D eigenvalue weighted by Crippen LogP contribution is -2.29. The zero-order valence-electron chi connectivity index (χ0n) is 11.1. The summed E-state index contributed by atoms with van der Waals surface area (Å²) in [6.45, 7) is 0. The van der Waals surface area contributed by atoms with E-state index in [1.165, 1.54) is 0 Å². The number of pyridine rings is 1. The highest BCUT2D eigenvalue weighted by atomic mass is 32.2. The summed E-state index contributed by atoms with van der Waals surface area (Å²) >= 11 is 0. The Kier molecular flexibility index (Phi) is 4.46. The van der Waals surface area contributed by atoms with Gasteiger partial charge in [-0.3, -0.25) is 9.17 Å². The maximum absolute atomic E-state index is 11.5. The third-order valence-corrected chi connectivity index (χ3v) is 5.56. The topological polar surface area (TPSA) is 90.4 Å². The summed E-state index contributed by atoms with van der Waals surface area (Å²) in [7, 11) is -6.64. The molecule has 112 valence electrons. The molecule has 0 N–H and O–H groups in total. The van der Waals surface area contributed by atoms with E-state index in [0.717, 1.165) is 6.26 Å². The quantitative estimate of drug-likeness (QED) is 0.767. The van der Waals surface area contributed by atoms with Crippen LogP contribution in [0.5, 0.6) is 0 Å². The maximum Gasteiger partial charge on any atom is 0.265 e. The fourth-order valence-electron chi connectivity index (χ4n) is 2.31. The zero-order valence-corrected chi connectivity index (χ0v) is 12.7. The lowest BCUT2D eigenvalue weighted by Gasteiger charge is -2.28. The molecule has 0 saturated carbocycles. The van der Waals surface area contributed by atoms with Gasteiger partial charge in [0.1, 0.15) is 15.9 Å². The molecule has 6 nitrogen and oxygen atoms in total. The van der Waals surface area contributed by atoms with E-state index in [-0.39, 0.29) is 17.4 Å². The molecule has 1 saturated heterocycles. The predicted octanol–water partition coefficient (Wildman–Crippen LogP) is 0.924. The lowest BCUT2D eigenvalue weighted by atomic mass is 9.93. The highest BCUT2D eigenvalue weighted by Crippen LogP contribution is 2.34. The molecule has 1 aromatic rings. The second kappa shape index (κ2) is 5.79. The van der Waals surface area contributed by atoms with Gasteiger partial charge in [-0.05, 0) is 30.9 Å². The molecule has 1 aliphatic rings. The molecule has 20 heavy (non-hydrogen) atoms. The Morgan fingerprint density at radius 3 is 2.45 bits per heavy atom. The first-order valence-corrected chi connectivity index (χ1v) is 9.90. The maximum atomic E-state index is 11.5. The van der Waals surface area contributed by atoms with Crippen LogP contribution in [0, 0.1) is 5.92 Å². The van der Waals surface area contributed by atoms with Crippen molar-refractivity contribution in [3.63, 3.8) is 0 Å². The van der Waals surface area contributed by atoms with Crippen LogP contribution >= 0.6 is 0 Å². The van der Waals surface area contributed by atoms with E-state index in [4.69, 9.17) is 4.18 Å². The van der Waals surface area contributed by atoms with Crippen molar-refractivity contribution in [1.29, 1.82) is 0 Å². The van der Waals surface area contributed by atoms with Gasteiger partial charge in [0.25, 0.3) is 10.1 Å². The minimum atomic E-state index is -3.64. The SMILES string of the molecule is CS(=O)(=O)OC(c1ccccn1)C1CCS(=O)(=O)CC1. The molecule has 0 radical (unpaired) electrons. The highest BCUT2D eigenvalue weighted by Gasteiger charge is 2.33. The second-order valence-electron chi connectivity index (χ2n) is 4.96. The molecule has 0 bridgehead atoms. The summed E-state index contributed by atoms with van der Waals surface area (Å²) < 4.78 is 50.9. The van der Waals surface area contributed by atoms with Crippen molar-refractivity contribution in [3.8, 4) is 0 Å². The number of rotatable bonds is 4. The minimum absolute atomic E-state index is 0.0636.